The van der Waals surface area contributed by atoms with E-state index in [1.54, 1.807) is 46.0 Å². The maximum absolute atomic E-state index is 13.3. The SMILES string of the molecule is O=C(NS(=O)(=O)CCC(F)(F)F)c1ccc(N2CCN(C(=O)c3ccccc3C#Cc3cncc(O)c3)CC2)cc1. The number of aromatic nitrogens is 1. The van der Waals surface area contributed by atoms with Crippen LogP contribution in [0.5, 0.6) is 5.75 Å². The summed E-state index contributed by atoms with van der Waals surface area (Å²) >= 11 is 0. The number of nitrogens with zero attached hydrogens (tertiary/aromatic N) is 3. The molecule has 9 nitrogen and oxygen atoms in total. The fourth-order valence-electron chi connectivity index (χ4n) is 4.08. The van der Waals surface area contributed by atoms with Gasteiger partial charge in [0.15, 0.2) is 0 Å². The maximum Gasteiger partial charge on any atom is 0.390 e. The smallest absolute Gasteiger partial charge is 0.390 e. The molecule has 2 amide bonds. The molecule has 0 spiro atoms. The van der Waals surface area contributed by atoms with Crippen molar-refractivity contribution in [2.24, 2.45) is 0 Å². The van der Waals surface area contributed by atoms with Crippen molar-refractivity contribution in [3.63, 3.8) is 0 Å². The second kappa shape index (κ2) is 12.3. The third kappa shape index (κ3) is 8.21. The highest BCUT2D eigenvalue weighted by Gasteiger charge is 2.30. The molecule has 0 bridgehead atoms. The Kier molecular flexibility index (Phi) is 8.83. The lowest BCUT2D eigenvalue weighted by atomic mass is 10.1. The summed E-state index contributed by atoms with van der Waals surface area (Å²) in [5, 5.41) is 9.58. The van der Waals surface area contributed by atoms with Crippen LogP contribution in [0.2, 0.25) is 0 Å². The monoisotopic (exact) mass is 586 g/mol. The van der Waals surface area contributed by atoms with Crippen LogP contribution in [0.15, 0.2) is 67.0 Å². The zero-order valence-corrected chi connectivity index (χ0v) is 22.4. The summed E-state index contributed by atoms with van der Waals surface area (Å²) in [6.07, 6.45) is -3.40. The van der Waals surface area contributed by atoms with Crippen LogP contribution in [0.3, 0.4) is 0 Å². The molecular formula is C28H25F3N4O5S. The van der Waals surface area contributed by atoms with Crippen molar-refractivity contribution < 1.29 is 36.3 Å². The van der Waals surface area contributed by atoms with Gasteiger partial charge in [0.05, 0.1) is 23.9 Å². The largest absolute Gasteiger partial charge is 0.506 e. The third-order valence-electron chi connectivity index (χ3n) is 6.19. The van der Waals surface area contributed by atoms with Crippen molar-refractivity contribution in [3.8, 4) is 17.6 Å². The molecule has 0 saturated carbocycles. The Morgan fingerprint density at radius 3 is 2.32 bits per heavy atom. The zero-order valence-electron chi connectivity index (χ0n) is 21.6. The summed E-state index contributed by atoms with van der Waals surface area (Å²) < 4.78 is 62.2. The molecule has 214 valence electrons. The maximum atomic E-state index is 13.3. The molecule has 1 aliphatic rings. The quantitative estimate of drug-likeness (QED) is 0.426. The van der Waals surface area contributed by atoms with E-state index in [1.165, 1.54) is 30.6 Å². The fraction of sp³-hybridized carbons (Fsp3) is 0.250. The van der Waals surface area contributed by atoms with Crippen LogP contribution in [0.25, 0.3) is 0 Å². The first kappa shape index (κ1) is 29.4. The molecule has 3 aromatic rings. The van der Waals surface area contributed by atoms with Gasteiger partial charge in [0, 0.05) is 54.8 Å². The van der Waals surface area contributed by atoms with Gasteiger partial charge in [-0.3, -0.25) is 14.6 Å². The van der Waals surface area contributed by atoms with Crippen LogP contribution in [0, 0.1) is 11.8 Å². The third-order valence-corrected chi connectivity index (χ3v) is 7.42. The highest BCUT2D eigenvalue weighted by atomic mass is 32.2. The van der Waals surface area contributed by atoms with E-state index in [0.717, 1.165) is 5.69 Å². The van der Waals surface area contributed by atoms with Gasteiger partial charge < -0.3 is 14.9 Å². The van der Waals surface area contributed by atoms with Gasteiger partial charge in [-0.2, -0.15) is 13.2 Å². The Labute approximate surface area is 234 Å². The van der Waals surface area contributed by atoms with Gasteiger partial charge in [-0.1, -0.05) is 24.0 Å². The molecule has 4 rings (SSSR count). The summed E-state index contributed by atoms with van der Waals surface area (Å²) in [5.41, 5.74) is 2.21. The van der Waals surface area contributed by atoms with Crippen molar-refractivity contribution in [2.45, 2.75) is 12.6 Å². The van der Waals surface area contributed by atoms with E-state index < -0.39 is 34.3 Å². The second-order valence-corrected chi connectivity index (χ2v) is 11.0. The number of sulfonamides is 1. The Bertz CT molecular complexity index is 1590. The van der Waals surface area contributed by atoms with Crippen LogP contribution in [-0.4, -0.2) is 73.3 Å². The number of alkyl halides is 3. The molecular weight excluding hydrogens is 561 g/mol. The van der Waals surface area contributed by atoms with E-state index in [0.29, 0.717) is 42.9 Å². The number of benzene rings is 2. The summed E-state index contributed by atoms with van der Waals surface area (Å²) in [6.45, 7) is 1.81. The lowest BCUT2D eigenvalue weighted by molar-refractivity contribution is -0.130. The van der Waals surface area contributed by atoms with E-state index in [-0.39, 0.29) is 17.2 Å². The van der Waals surface area contributed by atoms with E-state index in [1.807, 2.05) is 4.90 Å². The minimum absolute atomic E-state index is 0.00950. The lowest BCUT2D eigenvalue weighted by Crippen LogP contribution is -2.49. The number of halogens is 3. The topological polar surface area (TPSA) is 120 Å². The predicted molar refractivity (Wildman–Crippen MR) is 145 cm³/mol. The number of aromatic hydroxyl groups is 1. The first-order valence-electron chi connectivity index (χ1n) is 12.4. The molecule has 41 heavy (non-hydrogen) atoms. The number of carbonyl (C=O) groups is 2. The van der Waals surface area contributed by atoms with E-state index in [4.69, 9.17) is 0 Å². The molecule has 1 aromatic heterocycles. The van der Waals surface area contributed by atoms with Crippen LogP contribution < -0.4 is 9.62 Å². The van der Waals surface area contributed by atoms with E-state index >= 15 is 0 Å². The van der Waals surface area contributed by atoms with Gasteiger partial charge in [0.25, 0.3) is 11.8 Å². The normalized spacial score (nSPS) is 13.7. The number of hydrogen-bond donors (Lipinski definition) is 2. The van der Waals surface area contributed by atoms with Gasteiger partial charge in [0.1, 0.15) is 5.75 Å². The van der Waals surface area contributed by atoms with Crippen LogP contribution in [0.4, 0.5) is 18.9 Å². The highest BCUT2D eigenvalue weighted by Crippen LogP contribution is 2.21. The Morgan fingerprint density at radius 1 is 0.976 bits per heavy atom. The zero-order chi connectivity index (χ0) is 29.6. The number of rotatable bonds is 6. The van der Waals surface area contributed by atoms with Gasteiger partial charge in [-0.15, -0.1) is 0 Å². The predicted octanol–water partition coefficient (Wildman–Crippen LogP) is 3.16. The fourth-order valence-corrected chi connectivity index (χ4v) is 5.08. The molecule has 13 heteroatoms. The van der Waals surface area contributed by atoms with Gasteiger partial charge in [-0.05, 0) is 42.5 Å². The van der Waals surface area contributed by atoms with E-state index in [9.17, 15) is 36.3 Å². The molecule has 2 heterocycles. The van der Waals surface area contributed by atoms with Crippen molar-refractivity contribution in [1.29, 1.82) is 0 Å². The number of nitrogens with one attached hydrogen (secondary N) is 1. The summed E-state index contributed by atoms with van der Waals surface area (Å²) in [5.74, 6) is 3.44. The van der Waals surface area contributed by atoms with Crippen LogP contribution in [0.1, 0.15) is 38.3 Å². The van der Waals surface area contributed by atoms with Crippen molar-refractivity contribution in [1.82, 2.24) is 14.6 Å². The molecule has 1 fully saturated rings. The molecule has 1 saturated heterocycles. The minimum atomic E-state index is -4.66. The Hall–Kier alpha value is -4.57. The molecule has 2 N–H and O–H groups in total. The Morgan fingerprint density at radius 2 is 1.66 bits per heavy atom. The second-order valence-electron chi connectivity index (χ2n) is 9.17. The van der Waals surface area contributed by atoms with Crippen molar-refractivity contribution in [2.75, 3.05) is 36.8 Å². The first-order valence-corrected chi connectivity index (χ1v) is 14.1. The summed E-state index contributed by atoms with van der Waals surface area (Å²) in [7, 11) is -4.44. The van der Waals surface area contributed by atoms with Gasteiger partial charge >= 0.3 is 6.18 Å². The summed E-state index contributed by atoms with van der Waals surface area (Å²) in [6, 6.07) is 14.4. The average Bonchev–Trinajstić information content (AvgIpc) is 2.94. The molecule has 0 unspecified atom stereocenters. The van der Waals surface area contributed by atoms with Gasteiger partial charge in [0.2, 0.25) is 10.0 Å². The number of pyridine rings is 1. The molecule has 0 atom stereocenters. The van der Waals surface area contributed by atoms with Gasteiger partial charge in [-0.25, -0.2) is 13.1 Å². The number of carbonyl (C=O) groups excluding carboxylic acids is 2. The van der Waals surface area contributed by atoms with Crippen molar-refractivity contribution in [3.05, 3.63) is 89.2 Å². The number of piperazine rings is 1. The average molecular weight is 587 g/mol. The number of anilines is 1. The van der Waals surface area contributed by atoms with Crippen LogP contribution in [-0.2, 0) is 10.0 Å². The number of amides is 2. The first-order chi connectivity index (χ1) is 19.4. The highest BCUT2D eigenvalue weighted by molar-refractivity contribution is 7.90. The molecule has 1 aliphatic heterocycles. The van der Waals surface area contributed by atoms with E-state index in [2.05, 4.69) is 16.8 Å². The van der Waals surface area contributed by atoms with Crippen LogP contribution >= 0.6 is 0 Å². The molecule has 0 aliphatic carbocycles. The molecule has 0 radical (unpaired) electrons. The standard InChI is InChI=1S/C28H25F3N4O5S/c29-28(30,31)11-16-41(39,40)33-26(37)22-7-9-23(10-8-22)34-12-14-35(15-13-34)27(38)25-4-2-1-3-21(25)6-5-20-17-24(36)19-32-18-20/h1-4,7-10,17-19,36H,11-16H2,(H,33,37). The number of hydrogen-bond acceptors (Lipinski definition) is 7. The molecule has 2 aromatic carbocycles. The lowest BCUT2D eigenvalue weighted by Gasteiger charge is -2.36. The summed E-state index contributed by atoms with van der Waals surface area (Å²) in [4.78, 5) is 33.1. The Balaban J connectivity index is 1.35. The van der Waals surface area contributed by atoms with Crippen molar-refractivity contribution >= 4 is 27.5 Å². The minimum Gasteiger partial charge on any atom is -0.506 e.